The second kappa shape index (κ2) is 8.13. The van der Waals surface area contributed by atoms with Crippen LogP contribution in [0.2, 0.25) is 0 Å². The molecular formula is C17H15F3N4OS2. The Bertz CT molecular complexity index is 959. The first-order valence-electron chi connectivity index (χ1n) is 8.00. The molecule has 3 aromatic rings. The lowest BCUT2D eigenvalue weighted by atomic mass is 10.2. The average molecular weight is 412 g/mol. The minimum Gasteiger partial charge on any atom is -0.323 e. The van der Waals surface area contributed by atoms with Gasteiger partial charge in [-0.1, -0.05) is 17.8 Å². The van der Waals surface area contributed by atoms with Crippen LogP contribution in [-0.4, -0.2) is 25.9 Å². The fourth-order valence-electron chi connectivity index (χ4n) is 2.32. The highest BCUT2D eigenvalue weighted by atomic mass is 32.2. The van der Waals surface area contributed by atoms with Crippen LogP contribution in [0, 0.1) is 17.5 Å². The van der Waals surface area contributed by atoms with Crippen molar-refractivity contribution >= 4 is 34.7 Å². The molecular weight excluding hydrogens is 397 g/mol. The number of benzene rings is 1. The molecule has 0 aliphatic heterocycles. The Balaban J connectivity index is 1.75. The molecule has 0 aliphatic rings. The largest absolute Gasteiger partial charge is 0.323 e. The Labute approximate surface area is 161 Å². The molecule has 0 radical (unpaired) electrons. The molecule has 1 aromatic carbocycles. The van der Waals surface area contributed by atoms with Gasteiger partial charge in [0.25, 0.3) is 0 Å². The van der Waals surface area contributed by atoms with E-state index in [1.165, 1.54) is 11.3 Å². The number of rotatable bonds is 6. The fourth-order valence-corrected chi connectivity index (χ4v) is 3.95. The fraction of sp³-hybridized carbons (Fsp3) is 0.235. The van der Waals surface area contributed by atoms with Crippen molar-refractivity contribution in [1.29, 1.82) is 0 Å². The van der Waals surface area contributed by atoms with E-state index in [4.69, 9.17) is 0 Å². The van der Waals surface area contributed by atoms with Crippen molar-refractivity contribution in [2.24, 2.45) is 0 Å². The van der Waals surface area contributed by atoms with Gasteiger partial charge in [0, 0.05) is 6.54 Å². The normalized spacial score (nSPS) is 12.2. The van der Waals surface area contributed by atoms with Gasteiger partial charge < -0.3 is 9.88 Å². The molecule has 27 heavy (non-hydrogen) atoms. The van der Waals surface area contributed by atoms with Crippen molar-refractivity contribution in [2.45, 2.75) is 30.8 Å². The molecule has 1 amide bonds. The zero-order valence-corrected chi connectivity index (χ0v) is 16.0. The molecule has 2 heterocycles. The molecule has 0 bridgehead atoms. The number of carbonyl (C=O) groups excluding carboxylic acids is 1. The van der Waals surface area contributed by atoms with Crippen molar-refractivity contribution in [1.82, 2.24) is 14.8 Å². The van der Waals surface area contributed by atoms with Gasteiger partial charge in [-0.15, -0.1) is 21.5 Å². The molecule has 0 saturated heterocycles. The summed E-state index contributed by atoms with van der Waals surface area (Å²) >= 11 is 2.68. The monoisotopic (exact) mass is 412 g/mol. The maximum atomic E-state index is 13.7. The van der Waals surface area contributed by atoms with E-state index in [-0.39, 0.29) is 0 Å². The van der Waals surface area contributed by atoms with Crippen LogP contribution in [0.3, 0.4) is 0 Å². The summed E-state index contributed by atoms with van der Waals surface area (Å²) in [5, 5.41) is 12.4. The number of halogens is 3. The zero-order chi connectivity index (χ0) is 19.6. The number of anilines is 1. The van der Waals surface area contributed by atoms with Gasteiger partial charge in [-0.05, 0) is 37.4 Å². The minimum atomic E-state index is -1.63. The number of amides is 1. The minimum absolute atomic E-state index is 0.414. The third kappa shape index (κ3) is 4.01. The number of thiophene rings is 1. The average Bonchev–Trinajstić information content (AvgIpc) is 3.31. The number of hydrogen-bond donors (Lipinski definition) is 1. The summed E-state index contributed by atoms with van der Waals surface area (Å²) in [7, 11) is 0. The van der Waals surface area contributed by atoms with Crippen LogP contribution in [0.5, 0.6) is 0 Å². The van der Waals surface area contributed by atoms with Gasteiger partial charge in [-0.25, -0.2) is 13.2 Å². The van der Waals surface area contributed by atoms with Crippen molar-refractivity contribution in [3.63, 3.8) is 0 Å². The highest BCUT2D eigenvalue weighted by molar-refractivity contribution is 8.00. The summed E-state index contributed by atoms with van der Waals surface area (Å²) in [5.41, 5.74) is -0.414. The third-order valence-electron chi connectivity index (χ3n) is 3.72. The number of thioether (sulfide) groups is 1. The van der Waals surface area contributed by atoms with Crippen LogP contribution in [0.25, 0.3) is 10.7 Å². The van der Waals surface area contributed by atoms with E-state index in [0.29, 0.717) is 17.5 Å². The van der Waals surface area contributed by atoms with Crippen LogP contribution < -0.4 is 5.32 Å². The number of nitrogens with zero attached hydrogens (tertiary/aromatic N) is 3. The standard InChI is InChI=1S/C17H15F3N4OS2/c1-3-24-15(12-5-4-8-26-12)22-23-17(24)27-9(2)16(25)21-11-7-6-10(18)13(19)14(11)20/h4-9H,3H2,1-2H3,(H,21,25). The zero-order valence-electron chi connectivity index (χ0n) is 14.4. The van der Waals surface area contributed by atoms with Crippen LogP contribution in [0.1, 0.15) is 13.8 Å². The molecule has 1 atom stereocenters. The maximum Gasteiger partial charge on any atom is 0.237 e. The van der Waals surface area contributed by atoms with Crippen molar-refractivity contribution in [3.8, 4) is 10.7 Å². The summed E-state index contributed by atoms with van der Waals surface area (Å²) < 4.78 is 41.9. The first-order chi connectivity index (χ1) is 12.9. The lowest BCUT2D eigenvalue weighted by Gasteiger charge is -2.13. The van der Waals surface area contributed by atoms with Crippen molar-refractivity contribution in [2.75, 3.05) is 5.32 Å². The van der Waals surface area contributed by atoms with Gasteiger partial charge in [0.05, 0.1) is 15.8 Å². The Kier molecular flexibility index (Phi) is 5.85. The first kappa shape index (κ1) is 19.4. The summed E-state index contributed by atoms with van der Waals surface area (Å²) in [6.45, 7) is 4.15. The molecule has 0 fully saturated rings. The van der Waals surface area contributed by atoms with E-state index in [1.54, 1.807) is 6.92 Å². The second-order valence-corrected chi connectivity index (χ2v) is 7.76. The lowest BCUT2D eigenvalue weighted by Crippen LogP contribution is -2.23. The lowest BCUT2D eigenvalue weighted by molar-refractivity contribution is -0.115. The molecule has 1 N–H and O–H groups in total. The van der Waals surface area contributed by atoms with Crippen molar-refractivity contribution < 1.29 is 18.0 Å². The summed E-state index contributed by atoms with van der Waals surface area (Å²) in [4.78, 5) is 13.3. The summed E-state index contributed by atoms with van der Waals surface area (Å²) in [6.07, 6.45) is 0. The molecule has 1 unspecified atom stereocenters. The van der Waals surface area contributed by atoms with Gasteiger partial charge in [0.2, 0.25) is 5.91 Å². The number of carbonyl (C=O) groups is 1. The number of nitrogens with one attached hydrogen (secondary N) is 1. The Morgan fingerprint density at radius 1 is 1.26 bits per heavy atom. The van der Waals surface area contributed by atoms with Gasteiger partial charge in [-0.2, -0.15) is 0 Å². The van der Waals surface area contributed by atoms with E-state index < -0.39 is 34.3 Å². The molecule has 3 rings (SSSR count). The number of aromatic nitrogens is 3. The third-order valence-corrected chi connectivity index (χ3v) is 5.67. The van der Waals surface area contributed by atoms with Crippen LogP contribution in [0.15, 0.2) is 34.8 Å². The van der Waals surface area contributed by atoms with Crippen LogP contribution in [0.4, 0.5) is 18.9 Å². The van der Waals surface area contributed by atoms with Gasteiger partial charge in [0.15, 0.2) is 28.4 Å². The second-order valence-electron chi connectivity index (χ2n) is 5.50. The maximum absolute atomic E-state index is 13.7. The SMILES string of the molecule is CCn1c(SC(C)C(=O)Nc2ccc(F)c(F)c2F)nnc1-c1cccs1. The number of hydrogen-bond acceptors (Lipinski definition) is 5. The van der Waals surface area contributed by atoms with E-state index in [0.717, 1.165) is 28.8 Å². The van der Waals surface area contributed by atoms with Crippen LogP contribution >= 0.6 is 23.1 Å². The molecule has 0 saturated carbocycles. The highest BCUT2D eigenvalue weighted by Gasteiger charge is 2.22. The smallest absolute Gasteiger partial charge is 0.237 e. The van der Waals surface area contributed by atoms with Gasteiger partial charge in [0.1, 0.15) is 0 Å². The summed E-state index contributed by atoms with van der Waals surface area (Å²) in [6, 6.07) is 5.57. The molecule has 2 aromatic heterocycles. The van der Waals surface area contributed by atoms with E-state index in [2.05, 4.69) is 15.5 Å². The Morgan fingerprint density at radius 3 is 2.70 bits per heavy atom. The van der Waals surface area contributed by atoms with Crippen molar-refractivity contribution in [3.05, 3.63) is 47.1 Å². The summed E-state index contributed by atoms with van der Waals surface area (Å²) in [5.74, 6) is -4.23. The van der Waals surface area contributed by atoms with Crippen LogP contribution in [-0.2, 0) is 11.3 Å². The predicted molar refractivity (Wildman–Crippen MR) is 99.3 cm³/mol. The first-order valence-corrected chi connectivity index (χ1v) is 9.76. The predicted octanol–water partition coefficient (Wildman–Crippen LogP) is 4.56. The molecule has 142 valence electrons. The topological polar surface area (TPSA) is 59.8 Å². The van der Waals surface area contributed by atoms with E-state index in [9.17, 15) is 18.0 Å². The molecule has 10 heteroatoms. The Morgan fingerprint density at radius 2 is 2.04 bits per heavy atom. The van der Waals surface area contributed by atoms with Gasteiger partial charge >= 0.3 is 0 Å². The Hall–Kier alpha value is -2.33. The van der Waals surface area contributed by atoms with E-state index in [1.807, 2.05) is 29.0 Å². The molecule has 0 aliphatic carbocycles. The molecule has 5 nitrogen and oxygen atoms in total. The quantitative estimate of drug-likeness (QED) is 0.476. The highest BCUT2D eigenvalue weighted by Crippen LogP contribution is 2.29. The van der Waals surface area contributed by atoms with E-state index >= 15 is 0 Å². The molecule has 0 spiro atoms. The van der Waals surface area contributed by atoms with Gasteiger partial charge in [-0.3, -0.25) is 4.79 Å².